The van der Waals surface area contributed by atoms with Gasteiger partial charge in [-0.15, -0.1) is 0 Å². The molecule has 0 saturated heterocycles. The van der Waals surface area contributed by atoms with Crippen molar-refractivity contribution >= 4 is 13.7 Å². The SMILES string of the molecule is CCCCCCCCCCC/C=C/CC/C=C/C(O)C(COP(=O)([O-])OCC[N+](C)(C)C)NC(=O)CCCCCCCCCCCCCCC/C=C\CCCCCCCCCCCCCC. The molecule has 0 aromatic rings. The Balaban J connectivity index is 4.13. The Morgan fingerprint density at radius 2 is 0.848 bits per heavy atom. The van der Waals surface area contributed by atoms with Gasteiger partial charge in [-0.05, 0) is 57.8 Å². The lowest BCUT2D eigenvalue weighted by Crippen LogP contribution is -2.45. The van der Waals surface area contributed by atoms with Crippen molar-refractivity contribution in [2.45, 2.75) is 283 Å². The van der Waals surface area contributed by atoms with E-state index in [2.05, 4.69) is 43.5 Å². The minimum absolute atomic E-state index is 0.00557. The summed E-state index contributed by atoms with van der Waals surface area (Å²) in [7, 11) is 1.25. The average molecular weight is 951 g/mol. The number of aliphatic hydroxyl groups excluding tert-OH is 1. The van der Waals surface area contributed by atoms with Crippen LogP contribution in [0.4, 0.5) is 0 Å². The van der Waals surface area contributed by atoms with E-state index in [1.807, 2.05) is 27.2 Å². The summed E-state index contributed by atoms with van der Waals surface area (Å²) in [4.78, 5) is 25.4. The van der Waals surface area contributed by atoms with Gasteiger partial charge in [0.1, 0.15) is 13.2 Å². The molecule has 0 saturated carbocycles. The first-order valence-corrected chi connectivity index (χ1v) is 29.8. The second-order valence-electron chi connectivity index (χ2n) is 20.6. The topological polar surface area (TPSA) is 108 Å². The fourth-order valence-corrected chi connectivity index (χ4v) is 9.06. The first-order valence-electron chi connectivity index (χ1n) is 28.4. The van der Waals surface area contributed by atoms with Gasteiger partial charge >= 0.3 is 0 Å². The van der Waals surface area contributed by atoms with Gasteiger partial charge in [-0.1, -0.05) is 243 Å². The molecule has 66 heavy (non-hydrogen) atoms. The van der Waals surface area contributed by atoms with Gasteiger partial charge in [0.15, 0.2) is 0 Å². The summed E-state index contributed by atoms with van der Waals surface area (Å²) < 4.78 is 23.3. The van der Waals surface area contributed by atoms with E-state index in [1.54, 1.807) is 6.08 Å². The van der Waals surface area contributed by atoms with E-state index < -0.39 is 26.6 Å². The Morgan fingerprint density at radius 1 is 0.515 bits per heavy atom. The van der Waals surface area contributed by atoms with Gasteiger partial charge in [0, 0.05) is 6.42 Å². The summed E-state index contributed by atoms with van der Waals surface area (Å²) in [5.41, 5.74) is 0. The molecule has 8 nitrogen and oxygen atoms in total. The number of allylic oxidation sites excluding steroid dienone is 5. The number of carbonyl (C=O) groups excluding carboxylic acids is 1. The maximum Gasteiger partial charge on any atom is 0.268 e. The van der Waals surface area contributed by atoms with Crippen molar-refractivity contribution in [3.05, 3.63) is 36.5 Å². The highest BCUT2D eigenvalue weighted by molar-refractivity contribution is 7.45. The fourth-order valence-electron chi connectivity index (χ4n) is 8.34. The van der Waals surface area contributed by atoms with Crippen molar-refractivity contribution in [1.29, 1.82) is 0 Å². The Labute approximate surface area is 410 Å². The number of carbonyl (C=O) groups is 1. The number of amides is 1. The number of nitrogens with one attached hydrogen (secondary N) is 1. The number of hydrogen-bond donors (Lipinski definition) is 2. The first-order chi connectivity index (χ1) is 32.0. The molecule has 2 N–H and O–H groups in total. The van der Waals surface area contributed by atoms with Gasteiger partial charge in [-0.25, -0.2) is 0 Å². The second-order valence-corrected chi connectivity index (χ2v) is 22.0. The molecule has 0 fully saturated rings. The van der Waals surface area contributed by atoms with Crippen molar-refractivity contribution in [3.8, 4) is 0 Å². The predicted octanol–water partition coefficient (Wildman–Crippen LogP) is 16.4. The van der Waals surface area contributed by atoms with E-state index in [9.17, 15) is 19.4 Å². The molecule has 390 valence electrons. The number of rotatable bonds is 52. The minimum atomic E-state index is -4.60. The molecular formula is C57H111N2O6P. The number of nitrogens with zero attached hydrogens (tertiary/aromatic N) is 1. The number of aliphatic hydroxyl groups is 1. The first kappa shape index (κ1) is 64.7. The van der Waals surface area contributed by atoms with Gasteiger partial charge in [0.2, 0.25) is 5.91 Å². The van der Waals surface area contributed by atoms with Crippen molar-refractivity contribution in [2.24, 2.45) is 0 Å². The zero-order valence-electron chi connectivity index (χ0n) is 44.4. The van der Waals surface area contributed by atoms with Crippen molar-refractivity contribution in [3.63, 3.8) is 0 Å². The van der Waals surface area contributed by atoms with E-state index in [0.29, 0.717) is 17.4 Å². The van der Waals surface area contributed by atoms with Gasteiger partial charge in [0.05, 0.1) is 39.9 Å². The highest BCUT2D eigenvalue weighted by Gasteiger charge is 2.23. The van der Waals surface area contributed by atoms with E-state index in [-0.39, 0.29) is 12.5 Å². The maximum absolute atomic E-state index is 12.9. The van der Waals surface area contributed by atoms with Crippen LogP contribution in [-0.4, -0.2) is 68.5 Å². The molecule has 0 aromatic heterocycles. The third kappa shape index (κ3) is 50.6. The number of likely N-dealkylation sites (N-methyl/N-ethyl adjacent to an activating group) is 1. The molecule has 3 unspecified atom stereocenters. The lowest BCUT2D eigenvalue weighted by atomic mass is 10.0. The number of unbranched alkanes of at least 4 members (excludes halogenated alkanes) is 35. The minimum Gasteiger partial charge on any atom is -0.756 e. The Hall–Kier alpha value is -1.28. The lowest BCUT2D eigenvalue weighted by molar-refractivity contribution is -0.870. The van der Waals surface area contributed by atoms with Crippen LogP contribution in [-0.2, 0) is 18.4 Å². The monoisotopic (exact) mass is 951 g/mol. The molecule has 3 atom stereocenters. The molecule has 0 spiro atoms. The Bertz CT molecular complexity index is 1170. The zero-order chi connectivity index (χ0) is 48.5. The Kier molecular flexibility index (Phi) is 47.8. The third-order valence-electron chi connectivity index (χ3n) is 12.8. The normalized spacial score (nSPS) is 14.2. The van der Waals surface area contributed by atoms with Gasteiger partial charge in [-0.3, -0.25) is 9.36 Å². The summed E-state index contributed by atoms with van der Waals surface area (Å²) >= 11 is 0. The van der Waals surface area contributed by atoms with Crippen LogP contribution in [0.2, 0.25) is 0 Å². The summed E-state index contributed by atoms with van der Waals surface area (Å²) in [5, 5.41) is 13.8. The molecule has 9 heteroatoms. The number of phosphoric ester groups is 1. The van der Waals surface area contributed by atoms with E-state index in [4.69, 9.17) is 9.05 Å². The molecular weight excluding hydrogens is 840 g/mol. The molecule has 0 heterocycles. The average Bonchev–Trinajstić information content (AvgIpc) is 3.28. The van der Waals surface area contributed by atoms with Gasteiger partial charge < -0.3 is 28.8 Å². The zero-order valence-corrected chi connectivity index (χ0v) is 45.3. The van der Waals surface area contributed by atoms with Crippen LogP contribution < -0.4 is 10.2 Å². The highest BCUT2D eigenvalue weighted by Crippen LogP contribution is 2.38. The van der Waals surface area contributed by atoms with Crippen LogP contribution >= 0.6 is 7.82 Å². The number of quaternary nitrogens is 1. The lowest BCUT2D eigenvalue weighted by Gasteiger charge is -2.29. The van der Waals surface area contributed by atoms with Crippen molar-refractivity contribution < 1.29 is 32.9 Å². The summed E-state index contributed by atoms with van der Waals surface area (Å²) in [6.07, 6.45) is 62.3. The van der Waals surface area contributed by atoms with E-state index >= 15 is 0 Å². The van der Waals surface area contributed by atoms with E-state index in [0.717, 1.165) is 38.5 Å². The molecule has 0 rings (SSSR count). The molecule has 0 aliphatic heterocycles. The largest absolute Gasteiger partial charge is 0.756 e. The fraction of sp³-hybridized carbons (Fsp3) is 0.877. The van der Waals surface area contributed by atoms with Crippen LogP contribution in [0.1, 0.15) is 271 Å². The Morgan fingerprint density at radius 3 is 1.23 bits per heavy atom. The highest BCUT2D eigenvalue weighted by atomic mass is 31.2. The predicted molar refractivity (Wildman–Crippen MR) is 284 cm³/mol. The van der Waals surface area contributed by atoms with Gasteiger partial charge in [0.25, 0.3) is 7.82 Å². The summed E-state index contributed by atoms with van der Waals surface area (Å²) in [6.45, 7) is 4.65. The second kappa shape index (κ2) is 48.7. The summed E-state index contributed by atoms with van der Waals surface area (Å²) in [6, 6.07) is -0.902. The van der Waals surface area contributed by atoms with Crippen LogP contribution in [0.5, 0.6) is 0 Å². The smallest absolute Gasteiger partial charge is 0.268 e. The van der Waals surface area contributed by atoms with Crippen LogP contribution in [0.15, 0.2) is 36.5 Å². The van der Waals surface area contributed by atoms with Gasteiger partial charge in [-0.2, -0.15) is 0 Å². The molecule has 0 aromatic carbocycles. The van der Waals surface area contributed by atoms with Crippen molar-refractivity contribution in [1.82, 2.24) is 5.32 Å². The maximum atomic E-state index is 12.9. The standard InChI is InChI=1S/C57H111N2O6P/c1-6-8-10-12-14-16-18-20-22-23-24-25-26-27-28-29-30-31-32-33-34-35-37-39-41-43-45-47-49-51-57(61)58-55(54-65-66(62,63)64-53-52-59(3,4)5)56(60)50-48-46-44-42-40-38-36-21-19-17-15-13-11-9-7-2/h27-28,40,42,48,50,55-56,60H,6-26,29-39,41,43-47,49,51-54H2,1-5H3,(H-,58,61,62,63)/b28-27-,42-40+,50-48+. The third-order valence-corrected chi connectivity index (χ3v) is 13.8. The quantitative estimate of drug-likeness (QED) is 0.0272. The molecule has 0 aliphatic rings. The van der Waals surface area contributed by atoms with Crippen LogP contribution in [0.3, 0.4) is 0 Å². The number of hydrogen-bond acceptors (Lipinski definition) is 6. The number of phosphoric acid groups is 1. The summed E-state index contributed by atoms with van der Waals surface area (Å²) in [5.74, 6) is -0.205. The van der Waals surface area contributed by atoms with Crippen LogP contribution in [0.25, 0.3) is 0 Å². The van der Waals surface area contributed by atoms with E-state index in [1.165, 1.54) is 212 Å². The molecule has 1 amide bonds. The molecule has 0 bridgehead atoms. The van der Waals surface area contributed by atoms with Crippen molar-refractivity contribution in [2.75, 3.05) is 40.9 Å². The molecule has 0 aliphatic carbocycles. The van der Waals surface area contributed by atoms with Crippen LogP contribution in [0, 0.1) is 0 Å². The molecule has 0 radical (unpaired) electrons.